The van der Waals surface area contributed by atoms with Crippen LogP contribution in [0.5, 0.6) is 0 Å². The summed E-state index contributed by atoms with van der Waals surface area (Å²) in [6.07, 6.45) is 8.38. The maximum Gasteiger partial charge on any atom is 0.238 e. The molecule has 0 amide bonds. The maximum absolute atomic E-state index is 5.72. The highest BCUT2D eigenvalue weighted by Gasteiger charge is 2.38. The minimum absolute atomic E-state index is 0.0124. The Labute approximate surface area is 141 Å². The second-order valence-electron chi connectivity index (χ2n) is 6.60. The first-order valence-corrected chi connectivity index (χ1v) is 8.68. The summed E-state index contributed by atoms with van der Waals surface area (Å²) in [5.41, 5.74) is 2.48. The molecule has 1 fully saturated rings. The SMILES string of the molecule is CO[C@H]1C[C@H](c2nnc(C)o2)N(c2ncnc3c2CCCCC3)C1. The fraction of sp³-hybridized carbons (Fsp3) is 0.647. The van der Waals surface area contributed by atoms with E-state index < -0.39 is 0 Å². The second-order valence-corrected chi connectivity index (χ2v) is 6.60. The highest BCUT2D eigenvalue weighted by Crippen LogP contribution is 2.38. The lowest BCUT2D eigenvalue weighted by Gasteiger charge is -2.25. The van der Waals surface area contributed by atoms with E-state index in [9.17, 15) is 0 Å². The molecule has 2 aromatic heterocycles. The molecular formula is C17H23N5O2. The van der Waals surface area contributed by atoms with Crippen LogP contribution in [0.25, 0.3) is 0 Å². The molecule has 4 rings (SSSR count). The van der Waals surface area contributed by atoms with Crippen molar-refractivity contribution in [1.29, 1.82) is 0 Å². The van der Waals surface area contributed by atoms with E-state index in [1.807, 2.05) is 6.92 Å². The van der Waals surface area contributed by atoms with Crippen molar-refractivity contribution in [3.05, 3.63) is 29.4 Å². The summed E-state index contributed by atoms with van der Waals surface area (Å²) >= 11 is 0. The number of nitrogens with zero attached hydrogens (tertiary/aromatic N) is 5. The van der Waals surface area contributed by atoms with Crippen molar-refractivity contribution in [2.75, 3.05) is 18.6 Å². The average Bonchev–Trinajstić information content (AvgIpc) is 3.13. The molecule has 7 heteroatoms. The zero-order valence-corrected chi connectivity index (χ0v) is 14.2. The molecule has 0 spiro atoms. The third-order valence-corrected chi connectivity index (χ3v) is 5.05. The van der Waals surface area contributed by atoms with E-state index in [1.165, 1.54) is 30.5 Å². The average molecular weight is 329 g/mol. The number of anilines is 1. The van der Waals surface area contributed by atoms with Gasteiger partial charge in [-0.2, -0.15) is 0 Å². The Kier molecular flexibility index (Phi) is 4.18. The molecule has 2 aliphatic rings. The van der Waals surface area contributed by atoms with Crippen LogP contribution in [0.15, 0.2) is 10.7 Å². The molecule has 128 valence electrons. The molecule has 2 aromatic rings. The smallest absolute Gasteiger partial charge is 0.238 e. The van der Waals surface area contributed by atoms with Crippen molar-refractivity contribution in [3.8, 4) is 0 Å². The lowest BCUT2D eigenvalue weighted by atomic mass is 10.1. The molecule has 0 bridgehead atoms. The summed E-state index contributed by atoms with van der Waals surface area (Å²) in [6, 6.07) is 0.0124. The van der Waals surface area contributed by atoms with Crippen LogP contribution >= 0.6 is 0 Å². The summed E-state index contributed by atoms with van der Waals surface area (Å²) in [5.74, 6) is 2.25. The molecule has 3 heterocycles. The largest absolute Gasteiger partial charge is 0.423 e. The van der Waals surface area contributed by atoms with Gasteiger partial charge in [-0.15, -0.1) is 10.2 Å². The molecule has 0 N–H and O–H groups in total. The van der Waals surface area contributed by atoms with Gasteiger partial charge in [0, 0.05) is 38.3 Å². The van der Waals surface area contributed by atoms with Gasteiger partial charge < -0.3 is 14.1 Å². The quantitative estimate of drug-likeness (QED) is 0.800. The van der Waals surface area contributed by atoms with Crippen LogP contribution in [-0.4, -0.2) is 39.9 Å². The van der Waals surface area contributed by atoms with Gasteiger partial charge in [0.05, 0.1) is 6.10 Å². The Bertz CT molecular complexity index is 717. The van der Waals surface area contributed by atoms with Crippen LogP contribution < -0.4 is 4.90 Å². The Balaban J connectivity index is 1.73. The van der Waals surface area contributed by atoms with E-state index in [0.717, 1.165) is 31.6 Å². The van der Waals surface area contributed by atoms with Gasteiger partial charge in [0.1, 0.15) is 18.2 Å². The van der Waals surface area contributed by atoms with Gasteiger partial charge in [0.15, 0.2) is 0 Å². The first kappa shape index (κ1) is 15.5. The highest BCUT2D eigenvalue weighted by atomic mass is 16.5. The first-order valence-electron chi connectivity index (χ1n) is 8.68. The molecule has 0 radical (unpaired) electrons. The minimum Gasteiger partial charge on any atom is -0.423 e. The van der Waals surface area contributed by atoms with Gasteiger partial charge in [-0.1, -0.05) is 6.42 Å². The number of fused-ring (bicyclic) bond motifs is 1. The summed E-state index contributed by atoms with van der Waals surface area (Å²) < 4.78 is 11.3. The van der Waals surface area contributed by atoms with Crippen molar-refractivity contribution < 1.29 is 9.15 Å². The minimum atomic E-state index is 0.0124. The Morgan fingerprint density at radius 3 is 2.83 bits per heavy atom. The number of methoxy groups -OCH3 is 1. The van der Waals surface area contributed by atoms with E-state index in [4.69, 9.17) is 9.15 Å². The topological polar surface area (TPSA) is 77.2 Å². The molecular weight excluding hydrogens is 306 g/mol. The molecule has 2 atom stereocenters. The molecule has 7 nitrogen and oxygen atoms in total. The number of aryl methyl sites for hydroxylation is 2. The summed E-state index contributed by atoms with van der Waals surface area (Å²) in [5, 5.41) is 8.24. The van der Waals surface area contributed by atoms with Gasteiger partial charge in [0.2, 0.25) is 11.8 Å². The molecule has 0 saturated carbocycles. The molecule has 0 aromatic carbocycles. The van der Waals surface area contributed by atoms with Gasteiger partial charge >= 0.3 is 0 Å². The summed E-state index contributed by atoms with van der Waals surface area (Å²) in [7, 11) is 1.75. The Morgan fingerprint density at radius 1 is 1.17 bits per heavy atom. The van der Waals surface area contributed by atoms with Crippen LogP contribution in [0, 0.1) is 6.92 Å². The van der Waals surface area contributed by atoms with Crippen molar-refractivity contribution in [1.82, 2.24) is 20.2 Å². The molecule has 24 heavy (non-hydrogen) atoms. The molecule has 0 unspecified atom stereocenters. The third-order valence-electron chi connectivity index (χ3n) is 5.05. The van der Waals surface area contributed by atoms with Gasteiger partial charge in [-0.25, -0.2) is 9.97 Å². The van der Waals surface area contributed by atoms with E-state index >= 15 is 0 Å². The first-order chi connectivity index (χ1) is 11.8. The fourth-order valence-electron chi connectivity index (χ4n) is 3.81. The van der Waals surface area contributed by atoms with Crippen LogP contribution in [0.3, 0.4) is 0 Å². The van der Waals surface area contributed by atoms with Crippen molar-refractivity contribution >= 4 is 5.82 Å². The second kappa shape index (κ2) is 6.47. The number of rotatable bonds is 3. The standard InChI is InChI=1S/C17H23N5O2/c1-11-20-21-17(24-11)15-8-12(23-2)9-22(15)16-13-6-4-3-5-7-14(13)18-10-19-16/h10,12,15H,3-9H2,1-2H3/t12-,15+/m0/s1. The Hall–Kier alpha value is -2.02. The highest BCUT2D eigenvalue weighted by molar-refractivity contribution is 5.51. The number of hydrogen-bond acceptors (Lipinski definition) is 7. The van der Waals surface area contributed by atoms with E-state index in [1.54, 1.807) is 13.4 Å². The molecule has 1 aliphatic carbocycles. The van der Waals surface area contributed by atoms with E-state index in [0.29, 0.717) is 11.8 Å². The van der Waals surface area contributed by atoms with Crippen LogP contribution in [0.1, 0.15) is 54.8 Å². The van der Waals surface area contributed by atoms with Crippen LogP contribution in [0.4, 0.5) is 5.82 Å². The number of ether oxygens (including phenoxy) is 1. The molecule has 1 saturated heterocycles. The van der Waals surface area contributed by atoms with Crippen molar-refractivity contribution in [2.45, 2.75) is 57.6 Å². The van der Waals surface area contributed by atoms with Crippen molar-refractivity contribution in [3.63, 3.8) is 0 Å². The number of aromatic nitrogens is 4. The Morgan fingerprint density at radius 2 is 2.04 bits per heavy atom. The monoisotopic (exact) mass is 329 g/mol. The van der Waals surface area contributed by atoms with E-state index in [2.05, 4.69) is 25.1 Å². The van der Waals surface area contributed by atoms with Crippen LogP contribution in [-0.2, 0) is 17.6 Å². The fourth-order valence-corrected chi connectivity index (χ4v) is 3.81. The maximum atomic E-state index is 5.72. The van der Waals surface area contributed by atoms with E-state index in [-0.39, 0.29) is 12.1 Å². The lowest BCUT2D eigenvalue weighted by molar-refractivity contribution is 0.117. The van der Waals surface area contributed by atoms with Gasteiger partial charge in [-0.3, -0.25) is 0 Å². The third kappa shape index (κ3) is 2.77. The number of hydrogen-bond donors (Lipinski definition) is 0. The normalized spacial score (nSPS) is 24.0. The molecule has 1 aliphatic heterocycles. The summed E-state index contributed by atoms with van der Waals surface area (Å²) in [6.45, 7) is 2.60. The zero-order chi connectivity index (χ0) is 16.5. The lowest BCUT2D eigenvalue weighted by Crippen LogP contribution is -2.27. The zero-order valence-electron chi connectivity index (χ0n) is 14.2. The van der Waals surface area contributed by atoms with Gasteiger partial charge in [0.25, 0.3) is 0 Å². The van der Waals surface area contributed by atoms with Crippen LogP contribution in [0.2, 0.25) is 0 Å². The summed E-state index contributed by atoms with van der Waals surface area (Å²) in [4.78, 5) is 11.4. The van der Waals surface area contributed by atoms with Gasteiger partial charge in [-0.05, 0) is 25.7 Å². The predicted octanol–water partition coefficient (Wildman–Crippen LogP) is 2.40. The van der Waals surface area contributed by atoms with Crippen molar-refractivity contribution in [2.24, 2.45) is 0 Å². The predicted molar refractivity (Wildman–Crippen MR) is 87.8 cm³/mol.